The Morgan fingerprint density at radius 1 is 1.33 bits per heavy atom. The van der Waals surface area contributed by atoms with Crippen molar-refractivity contribution in [3.8, 4) is 0 Å². The second-order valence-electron chi connectivity index (χ2n) is 5.18. The van der Waals surface area contributed by atoms with Crippen molar-refractivity contribution in [2.75, 3.05) is 6.54 Å². The molecule has 1 saturated carbocycles. The molecule has 1 aromatic rings. The Morgan fingerprint density at radius 3 is 2.78 bits per heavy atom. The molecule has 0 bridgehead atoms. The van der Waals surface area contributed by atoms with Gasteiger partial charge in [0.1, 0.15) is 0 Å². The maximum absolute atomic E-state index is 12.2. The first-order chi connectivity index (χ1) is 8.72. The van der Waals surface area contributed by atoms with E-state index in [1.807, 2.05) is 31.2 Å². The Kier molecular flexibility index (Phi) is 4.37. The molecule has 0 aliphatic heterocycles. The van der Waals surface area contributed by atoms with Crippen LogP contribution in [0, 0.1) is 12.8 Å². The lowest BCUT2D eigenvalue weighted by molar-refractivity contribution is 0.0907. The first kappa shape index (κ1) is 13.1. The number of nitrogens with one attached hydrogen (secondary N) is 1. The van der Waals surface area contributed by atoms with Crippen molar-refractivity contribution in [3.63, 3.8) is 0 Å². The van der Waals surface area contributed by atoms with Crippen LogP contribution in [-0.4, -0.2) is 18.5 Å². The topological polar surface area (TPSA) is 55.1 Å². The summed E-state index contributed by atoms with van der Waals surface area (Å²) in [7, 11) is 0. The average molecular weight is 246 g/mol. The zero-order valence-corrected chi connectivity index (χ0v) is 11.0. The first-order valence-corrected chi connectivity index (χ1v) is 6.79. The van der Waals surface area contributed by atoms with Crippen LogP contribution >= 0.6 is 0 Å². The van der Waals surface area contributed by atoms with E-state index < -0.39 is 0 Å². The predicted molar refractivity (Wildman–Crippen MR) is 73.4 cm³/mol. The molecule has 0 aromatic heterocycles. The number of hydrogen-bond donors (Lipinski definition) is 2. The third-order valence-corrected chi connectivity index (χ3v) is 3.92. The fourth-order valence-electron chi connectivity index (χ4n) is 2.75. The number of benzene rings is 1. The van der Waals surface area contributed by atoms with Gasteiger partial charge in [-0.15, -0.1) is 0 Å². The summed E-state index contributed by atoms with van der Waals surface area (Å²) in [6, 6.07) is 7.95. The smallest absolute Gasteiger partial charge is 0.251 e. The minimum atomic E-state index is 0.0402. The van der Waals surface area contributed by atoms with E-state index in [0.717, 1.165) is 24.0 Å². The number of carbonyl (C=O) groups is 1. The van der Waals surface area contributed by atoms with E-state index in [-0.39, 0.29) is 11.9 Å². The van der Waals surface area contributed by atoms with Crippen molar-refractivity contribution in [2.24, 2.45) is 11.7 Å². The van der Waals surface area contributed by atoms with Crippen molar-refractivity contribution in [1.82, 2.24) is 5.32 Å². The van der Waals surface area contributed by atoms with Gasteiger partial charge in [-0.3, -0.25) is 4.79 Å². The number of rotatable bonds is 3. The van der Waals surface area contributed by atoms with Crippen LogP contribution in [0.25, 0.3) is 0 Å². The van der Waals surface area contributed by atoms with Gasteiger partial charge in [-0.05, 0) is 43.9 Å². The number of hydrogen-bond acceptors (Lipinski definition) is 2. The Labute approximate surface area is 109 Å². The summed E-state index contributed by atoms with van der Waals surface area (Å²) in [5.41, 5.74) is 7.59. The molecular formula is C15H22N2O. The molecule has 0 radical (unpaired) electrons. The fourth-order valence-corrected chi connectivity index (χ4v) is 2.75. The van der Waals surface area contributed by atoms with E-state index in [1.165, 1.54) is 12.8 Å². The highest BCUT2D eigenvalue weighted by Gasteiger charge is 2.25. The molecule has 0 spiro atoms. The third-order valence-electron chi connectivity index (χ3n) is 3.92. The summed E-state index contributed by atoms with van der Waals surface area (Å²) in [5, 5.41) is 3.16. The van der Waals surface area contributed by atoms with Gasteiger partial charge in [-0.25, -0.2) is 0 Å². The fraction of sp³-hybridized carbons (Fsp3) is 0.533. The molecule has 2 atom stereocenters. The van der Waals surface area contributed by atoms with Crippen LogP contribution in [0.5, 0.6) is 0 Å². The van der Waals surface area contributed by atoms with E-state index in [1.54, 1.807) is 0 Å². The lowest BCUT2D eigenvalue weighted by Crippen LogP contribution is -2.44. The lowest BCUT2D eigenvalue weighted by Gasteiger charge is -2.31. The lowest BCUT2D eigenvalue weighted by atomic mass is 9.84. The van der Waals surface area contributed by atoms with Gasteiger partial charge in [0, 0.05) is 11.6 Å². The van der Waals surface area contributed by atoms with E-state index in [9.17, 15) is 4.79 Å². The van der Waals surface area contributed by atoms with Gasteiger partial charge in [0.15, 0.2) is 0 Å². The SMILES string of the molecule is Cc1ccccc1C(=O)NC1CCCCC1CN. The molecule has 2 rings (SSSR count). The molecule has 0 heterocycles. The summed E-state index contributed by atoms with van der Waals surface area (Å²) >= 11 is 0. The molecular weight excluding hydrogens is 224 g/mol. The maximum Gasteiger partial charge on any atom is 0.251 e. The van der Waals surface area contributed by atoms with Crippen molar-refractivity contribution in [1.29, 1.82) is 0 Å². The Bertz CT molecular complexity index is 417. The largest absolute Gasteiger partial charge is 0.349 e. The molecule has 3 nitrogen and oxygen atoms in total. The number of nitrogens with two attached hydrogens (primary N) is 1. The van der Waals surface area contributed by atoms with E-state index in [4.69, 9.17) is 5.73 Å². The Balaban J connectivity index is 2.04. The Morgan fingerprint density at radius 2 is 2.06 bits per heavy atom. The second kappa shape index (κ2) is 6.01. The highest BCUT2D eigenvalue weighted by atomic mass is 16.1. The molecule has 3 heteroatoms. The molecule has 1 aliphatic rings. The first-order valence-electron chi connectivity index (χ1n) is 6.79. The minimum Gasteiger partial charge on any atom is -0.349 e. The molecule has 1 fully saturated rings. The summed E-state index contributed by atoms with van der Waals surface area (Å²) < 4.78 is 0. The van der Waals surface area contributed by atoms with Crippen LogP contribution in [0.15, 0.2) is 24.3 Å². The average Bonchev–Trinajstić information content (AvgIpc) is 2.39. The molecule has 1 aromatic carbocycles. The highest BCUT2D eigenvalue weighted by molar-refractivity contribution is 5.95. The van der Waals surface area contributed by atoms with Gasteiger partial charge in [0.25, 0.3) is 5.91 Å². The number of amides is 1. The molecule has 2 unspecified atom stereocenters. The minimum absolute atomic E-state index is 0.0402. The van der Waals surface area contributed by atoms with E-state index in [0.29, 0.717) is 12.5 Å². The van der Waals surface area contributed by atoms with Crippen LogP contribution in [-0.2, 0) is 0 Å². The maximum atomic E-state index is 12.2. The van der Waals surface area contributed by atoms with E-state index in [2.05, 4.69) is 5.32 Å². The van der Waals surface area contributed by atoms with Gasteiger partial charge < -0.3 is 11.1 Å². The van der Waals surface area contributed by atoms with Crippen LogP contribution in [0.3, 0.4) is 0 Å². The molecule has 1 aliphatic carbocycles. The second-order valence-corrected chi connectivity index (χ2v) is 5.18. The number of carbonyl (C=O) groups excluding carboxylic acids is 1. The van der Waals surface area contributed by atoms with Crippen molar-refractivity contribution < 1.29 is 4.79 Å². The van der Waals surface area contributed by atoms with Gasteiger partial charge in [0.05, 0.1) is 0 Å². The predicted octanol–water partition coefficient (Wildman–Crippen LogP) is 2.24. The van der Waals surface area contributed by atoms with Crippen molar-refractivity contribution in [3.05, 3.63) is 35.4 Å². The monoisotopic (exact) mass is 246 g/mol. The molecule has 3 N–H and O–H groups in total. The van der Waals surface area contributed by atoms with Gasteiger partial charge in [-0.2, -0.15) is 0 Å². The Hall–Kier alpha value is -1.35. The van der Waals surface area contributed by atoms with Gasteiger partial charge in [0.2, 0.25) is 0 Å². The molecule has 1 amide bonds. The van der Waals surface area contributed by atoms with Crippen molar-refractivity contribution in [2.45, 2.75) is 38.6 Å². The number of aryl methyl sites for hydroxylation is 1. The zero-order chi connectivity index (χ0) is 13.0. The highest BCUT2D eigenvalue weighted by Crippen LogP contribution is 2.24. The quantitative estimate of drug-likeness (QED) is 0.859. The summed E-state index contributed by atoms with van der Waals surface area (Å²) in [4.78, 5) is 12.2. The van der Waals surface area contributed by atoms with E-state index >= 15 is 0 Å². The van der Waals surface area contributed by atoms with Crippen LogP contribution in [0.2, 0.25) is 0 Å². The van der Waals surface area contributed by atoms with Crippen LogP contribution in [0.1, 0.15) is 41.6 Å². The summed E-state index contributed by atoms with van der Waals surface area (Å²) in [6.07, 6.45) is 4.61. The standard InChI is InChI=1S/C15H22N2O/c1-11-6-2-4-8-13(11)15(18)17-14-9-5-3-7-12(14)10-16/h2,4,6,8,12,14H,3,5,7,9-10,16H2,1H3,(H,17,18). The summed E-state index contributed by atoms with van der Waals surface area (Å²) in [6.45, 7) is 2.63. The molecule has 98 valence electrons. The third kappa shape index (κ3) is 2.91. The van der Waals surface area contributed by atoms with Crippen LogP contribution in [0.4, 0.5) is 0 Å². The zero-order valence-electron chi connectivity index (χ0n) is 11.0. The van der Waals surface area contributed by atoms with Gasteiger partial charge >= 0.3 is 0 Å². The molecule has 0 saturated heterocycles. The van der Waals surface area contributed by atoms with Crippen LogP contribution < -0.4 is 11.1 Å². The normalized spacial score (nSPS) is 23.7. The van der Waals surface area contributed by atoms with Crippen molar-refractivity contribution >= 4 is 5.91 Å². The summed E-state index contributed by atoms with van der Waals surface area (Å²) in [5.74, 6) is 0.477. The van der Waals surface area contributed by atoms with Gasteiger partial charge in [-0.1, -0.05) is 31.0 Å². The molecule has 18 heavy (non-hydrogen) atoms.